The van der Waals surface area contributed by atoms with Gasteiger partial charge in [0.15, 0.2) is 8.32 Å². The molecule has 1 unspecified atom stereocenters. The van der Waals surface area contributed by atoms with E-state index in [0.29, 0.717) is 5.04 Å². The second-order valence-electron chi connectivity index (χ2n) is 4.18. The molecule has 66 valence electrons. The molecule has 0 amide bonds. The first-order chi connectivity index (χ1) is 4.87. The van der Waals surface area contributed by atoms with Crippen LogP contribution in [0.5, 0.6) is 0 Å². The summed E-state index contributed by atoms with van der Waals surface area (Å²) >= 11 is 0. The first kappa shape index (κ1) is 10.9. The van der Waals surface area contributed by atoms with Crippen LogP contribution in [0.3, 0.4) is 0 Å². The fourth-order valence-corrected chi connectivity index (χ4v) is 2.91. The van der Waals surface area contributed by atoms with E-state index in [1.165, 1.54) is 0 Å². The van der Waals surface area contributed by atoms with Crippen LogP contribution in [0.4, 0.5) is 0 Å². The Labute approximate surface area is 71.6 Å². The standard InChI is InChI=1S/C9H20OSi/c1-7-8-11(6,10-5)9(2,3)4/h7H,1,8H2,2-6H3. The van der Waals surface area contributed by atoms with Gasteiger partial charge in [0, 0.05) is 7.11 Å². The molecule has 0 aliphatic heterocycles. The van der Waals surface area contributed by atoms with Gasteiger partial charge in [-0.15, -0.1) is 6.58 Å². The summed E-state index contributed by atoms with van der Waals surface area (Å²) in [4.78, 5) is 0. The van der Waals surface area contributed by atoms with E-state index in [0.717, 1.165) is 6.04 Å². The average molecular weight is 172 g/mol. The van der Waals surface area contributed by atoms with Crippen molar-refractivity contribution in [2.45, 2.75) is 38.4 Å². The molecule has 0 fully saturated rings. The van der Waals surface area contributed by atoms with Crippen LogP contribution in [0.25, 0.3) is 0 Å². The minimum absolute atomic E-state index is 0.302. The summed E-state index contributed by atoms with van der Waals surface area (Å²) < 4.78 is 5.61. The molecule has 0 aliphatic carbocycles. The van der Waals surface area contributed by atoms with Crippen molar-refractivity contribution < 1.29 is 4.43 Å². The molecule has 0 aromatic carbocycles. The molecule has 0 aromatic rings. The predicted octanol–water partition coefficient (Wildman–Crippen LogP) is 3.19. The van der Waals surface area contributed by atoms with E-state index in [1.54, 1.807) is 0 Å². The average Bonchev–Trinajstić information content (AvgIpc) is 1.86. The highest BCUT2D eigenvalue weighted by atomic mass is 28.4. The monoisotopic (exact) mass is 172 g/mol. The van der Waals surface area contributed by atoms with Gasteiger partial charge in [0.1, 0.15) is 0 Å². The first-order valence-electron chi connectivity index (χ1n) is 4.03. The van der Waals surface area contributed by atoms with Crippen LogP contribution in [0, 0.1) is 0 Å². The van der Waals surface area contributed by atoms with E-state index in [2.05, 4.69) is 33.9 Å². The minimum atomic E-state index is -1.54. The summed E-state index contributed by atoms with van der Waals surface area (Å²) in [5.74, 6) is 0. The Morgan fingerprint density at radius 1 is 1.45 bits per heavy atom. The van der Waals surface area contributed by atoms with E-state index in [-0.39, 0.29) is 0 Å². The Morgan fingerprint density at radius 2 is 1.91 bits per heavy atom. The van der Waals surface area contributed by atoms with Crippen molar-refractivity contribution in [3.63, 3.8) is 0 Å². The molecule has 1 atom stereocenters. The quantitative estimate of drug-likeness (QED) is 0.469. The van der Waals surface area contributed by atoms with Crippen molar-refractivity contribution >= 4 is 8.32 Å². The third kappa shape index (κ3) is 2.45. The van der Waals surface area contributed by atoms with Crippen molar-refractivity contribution in [3.8, 4) is 0 Å². The molecule has 2 heteroatoms. The maximum atomic E-state index is 5.61. The SMILES string of the molecule is C=CC[Si](C)(OC)C(C)(C)C. The molecular formula is C9H20OSi. The topological polar surface area (TPSA) is 9.23 Å². The molecule has 0 bridgehead atoms. The molecule has 0 aliphatic rings. The summed E-state index contributed by atoms with van der Waals surface area (Å²) in [6.45, 7) is 12.7. The van der Waals surface area contributed by atoms with Crippen molar-refractivity contribution in [3.05, 3.63) is 12.7 Å². The third-order valence-corrected chi connectivity index (χ3v) is 7.71. The lowest BCUT2D eigenvalue weighted by Gasteiger charge is -2.37. The number of allylic oxidation sites excluding steroid dienone is 1. The van der Waals surface area contributed by atoms with Crippen molar-refractivity contribution in [2.24, 2.45) is 0 Å². The van der Waals surface area contributed by atoms with Crippen LogP contribution < -0.4 is 0 Å². The van der Waals surface area contributed by atoms with Gasteiger partial charge in [0.2, 0.25) is 0 Å². The number of hydrogen-bond acceptors (Lipinski definition) is 1. The highest BCUT2D eigenvalue weighted by molar-refractivity contribution is 6.75. The van der Waals surface area contributed by atoms with Gasteiger partial charge >= 0.3 is 0 Å². The Hall–Kier alpha value is -0.0831. The van der Waals surface area contributed by atoms with Gasteiger partial charge < -0.3 is 4.43 Å². The van der Waals surface area contributed by atoms with Gasteiger partial charge in [-0.1, -0.05) is 26.8 Å². The van der Waals surface area contributed by atoms with Crippen LogP contribution >= 0.6 is 0 Å². The zero-order valence-electron chi connectivity index (χ0n) is 8.40. The van der Waals surface area contributed by atoms with Gasteiger partial charge in [-0.25, -0.2) is 0 Å². The molecule has 0 radical (unpaired) electrons. The lowest BCUT2D eigenvalue weighted by molar-refractivity contribution is 0.369. The highest BCUT2D eigenvalue weighted by Crippen LogP contribution is 2.39. The maximum absolute atomic E-state index is 5.61. The molecule has 0 heterocycles. The molecule has 11 heavy (non-hydrogen) atoms. The van der Waals surface area contributed by atoms with Crippen LogP contribution in [0.2, 0.25) is 17.6 Å². The zero-order chi connectivity index (χ0) is 9.12. The summed E-state index contributed by atoms with van der Waals surface area (Å²) in [5, 5.41) is 0.302. The molecule has 0 rings (SSSR count). The second-order valence-corrected chi connectivity index (χ2v) is 8.96. The predicted molar refractivity (Wildman–Crippen MR) is 53.3 cm³/mol. The Balaban J connectivity index is 4.45. The lowest BCUT2D eigenvalue weighted by Crippen LogP contribution is -2.42. The van der Waals surface area contributed by atoms with Crippen LogP contribution in [0.15, 0.2) is 12.7 Å². The Bertz CT molecular complexity index is 137. The van der Waals surface area contributed by atoms with Gasteiger partial charge in [-0.2, -0.15) is 0 Å². The lowest BCUT2D eigenvalue weighted by atomic mass is 10.2. The van der Waals surface area contributed by atoms with E-state index in [9.17, 15) is 0 Å². The first-order valence-corrected chi connectivity index (χ1v) is 6.65. The fourth-order valence-electron chi connectivity index (χ4n) is 0.971. The Morgan fingerprint density at radius 3 is 2.00 bits per heavy atom. The molecule has 0 N–H and O–H groups in total. The molecule has 0 spiro atoms. The number of rotatable bonds is 3. The smallest absolute Gasteiger partial charge is 0.198 e. The van der Waals surface area contributed by atoms with Crippen molar-refractivity contribution in [1.29, 1.82) is 0 Å². The molecule has 0 aromatic heterocycles. The second kappa shape index (κ2) is 3.54. The van der Waals surface area contributed by atoms with E-state index < -0.39 is 8.32 Å². The molecular weight excluding hydrogens is 152 g/mol. The third-order valence-electron chi connectivity index (χ3n) is 2.57. The maximum Gasteiger partial charge on any atom is 0.198 e. The van der Waals surface area contributed by atoms with E-state index in [1.807, 2.05) is 13.2 Å². The number of hydrogen-bond donors (Lipinski definition) is 0. The van der Waals surface area contributed by atoms with Gasteiger partial charge in [-0.3, -0.25) is 0 Å². The van der Waals surface area contributed by atoms with Gasteiger partial charge in [-0.05, 0) is 17.6 Å². The zero-order valence-corrected chi connectivity index (χ0v) is 9.40. The molecule has 0 saturated heterocycles. The van der Waals surface area contributed by atoms with Gasteiger partial charge in [0.25, 0.3) is 0 Å². The largest absolute Gasteiger partial charge is 0.419 e. The Kier molecular flexibility index (Phi) is 3.52. The summed E-state index contributed by atoms with van der Waals surface area (Å²) in [7, 11) is 0.277. The van der Waals surface area contributed by atoms with E-state index >= 15 is 0 Å². The van der Waals surface area contributed by atoms with Crippen molar-refractivity contribution in [2.75, 3.05) is 7.11 Å². The highest BCUT2D eigenvalue weighted by Gasteiger charge is 2.39. The normalized spacial score (nSPS) is 17.5. The molecule has 1 nitrogen and oxygen atoms in total. The van der Waals surface area contributed by atoms with Crippen LogP contribution in [-0.2, 0) is 4.43 Å². The van der Waals surface area contributed by atoms with Gasteiger partial charge in [0.05, 0.1) is 0 Å². The van der Waals surface area contributed by atoms with Crippen LogP contribution in [0.1, 0.15) is 20.8 Å². The molecule has 0 saturated carbocycles. The summed E-state index contributed by atoms with van der Waals surface area (Å²) in [5.41, 5.74) is 0. The van der Waals surface area contributed by atoms with E-state index in [4.69, 9.17) is 4.43 Å². The van der Waals surface area contributed by atoms with Crippen LogP contribution in [-0.4, -0.2) is 15.4 Å². The minimum Gasteiger partial charge on any atom is -0.419 e. The summed E-state index contributed by atoms with van der Waals surface area (Å²) in [6, 6.07) is 1.03. The fraction of sp³-hybridized carbons (Fsp3) is 0.778. The van der Waals surface area contributed by atoms with Crippen molar-refractivity contribution in [1.82, 2.24) is 0 Å². The summed E-state index contributed by atoms with van der Waals surface area (Å²) in [6.07, 6.45) is 1.97.